The summed E-state index contributed by atoms with van der Waals surface area (Å²) >= 11 is 0. The molecular formula is C22H28F3N7. The third-order valence-corrected chi connectivity index (χ3v) is 5.47. The highest BCUT2D eigenvalue weighted by molar-refractivity contribution is 5.76. The van der Waals surface area contributed by atoms with Crippen LogP contribution >= 0.6 is 0 Å². The number of nitrogens with zero attached hydrogens (tertiary/aromatic N) is 4. The van der Waals surface area contributed by atoms with Gasteiger partial charge in [-0.3, -0.25) is 4.57 Å². The molecular weight excluding hydrogens is 419 g/mol. The second kappa shape index (κ2) is 8.23. The van der Waals surface area contributed by atoms with Gasteiger partial charge in [0.15, 0.2) is 5.65 Å². The number of hydrogen-bond acceptors (Lipinski definition) is 6. The molecule has 0 saturated heterocycles. The van der Waals surface area contributed by atoms with Crippen LogP contribution in [0.2, 0.25) is 0 Å². The fraction of sp³-hybridized carbons (Fsp3) is 0.500. The quantitative estimate of drug-likeness (QED) is 0.506. The summed E-state index contributed by atoms with van der Waals surface area (Å²) < 4.78 is 41.5. The van der Waals surface area contributed by atoms with E-state index in [-0.39, 0.29) is 17.6 Å². The summed E-state index contributed by atoms with van der Waals surface area (Å²) in [7, 11) is 0. The maximum Gasteiger partial charge on any atom is 0.416 e. The molecule has 1 fully saturated rings. The van der Waals surface area contributed by atoms with E-state index in [4.69, 9.17) is 10.7 Å². The van der Waals surface area contributed by atoms with Crippen molar-refractivity contribution in [2.24, 2.45) is 5.73 Å². The highest BCUT2D eigenvalue weighted by Gasteiger charge is 2.31. The highest BCUT2D eigenvalue weighted by Crippen LogP contribution is 2.36. The molecule has 1 aliphatic carbocycles. The van der Waals surface area contributed by atoms with Gasteiger partial charge < -0.3 is 16.4 Å². The lowest BCUT2D eigenvalue weighted by Crippen LogP contribution is -2.29. The summed E-state index contributed by atoms with van der Waals surface area (Å²) in [6, 6.07) is 5.35. The van der Waals surface area contributed by atoms with Gasteiger partial charge in [-0.05, 0) is 64.7 Å². The lowest BCUT2D eigenvalue weighted by atomic mass is 9.91. The number of imidazole rings is 1. The zero-order valence-corrected chi connectivity index (χ0v) is 18.4. The Hall–Kier alpha value is -2.88. The summed E-state index contributed by atoms with van der Waals surface area (Å²) in [4.78, 5) is 13.7. The summed E-state index contributed by atoms with van der Waals surface area (Å²) in [6.45, 7) is 6.04. The van der Waals surface area contributed by atoms with Crippen molar-refractivity contribution in [3.8, 4) is 0 Å². The molecule has 0 aliphatic heterocycles. The Labute approximate surface area is 184 Å². The van der Waals surface area contributed by atoms with Gasteiger partial charge in [0.1, 0.15) is 5.52 Å². The summed E-state index contributed by atoms with van der Waals surface area (Å²) in [6.07, 6.45) is 0.637. The first-order valence-corrected chi connectivity index (χ1v) is 10.7. The van der Waals surface area contributed by atoms with Gasteiger partial charge in [-0.2, -0.15) is 18.2 Å². The number of aromatic nitrogens is 4. The number of alkyl halides is 3. The van der Waals surface area contributed by atoms with Crippen molar-refractivity contribution in [2.75, 3.05) is 10.6 Å². The minimum Gasteiger partial charge on any atom is -0.350 e. The van der Waals surface area contributed by atoms with Crippen LogP contribution in [0.5, 0.6) is 0 Å². The molecule has 2 aromatic heterocycles. The predicted octanol–water partition coefficient (Wildman–Crippen LogP) is 5.24. The van der Waals surface area contributed by atoms with Gasteiger partial charge in [-0.1, -0.05) is 6.07 Å². The van der Waals surface area contributed by atoms with Gasteiger partial charge in [-0.25, -0.2) is 9.97 Å². The molecule has 0 radical (unpaired) electrons. The molecule has 32 heavy (non-hydrogen) atoms. The minimum atomic E-state index is -4.42. The second-order valence-corrected chi connectivity index (χ2v) is 9.36. The molecule has 0 spiro atoms. The van der Waals surface area contributed by atoms with Crippen LogP contribution in [-0.2, 0) is 6.18 Å². The van der Waals surface area contributed by atoms with E-state index in [1.165, 1.54) is 6.07 Å². The Bertz CT molecular complexity index is 1090. The van der Waals surface area contributed by atoms with E-state index >= 15 is 0 Å². The third kappa shape index (κ3) is 4.95. The van der Waals surface area contributed by atoms with E-state index in [1.807, 2.05) is 25.3 Å². The highest BCUT2D eigenvalue weighted by atomic mass is 19.4. The summed E-state index contributed by atoms with van der Waals surface area (Å²) in [5, 5.41) is 6.35. The first-order valence-electron chi connectivity index (χ1n) is 10.7. The van der Waals surface area contributed by atoms with Crippen LogP contribution in [0, 0.1) is 0 Å². The average Bonchev–Trinajstić information content (AvgIpc) is 3.04. The van der Waals surface area contributed by atoms with E-state index in [9.17, 15) is 13.2 Å². The van der Waals surface area contributed by atoms with E-state index < -0.39 is 11.7 Å². The maximum absolute atomic E-state index is 13.2. The van der Waals surface area contributed by atoms with Crippen LogP contribution < -0.4 is 16.4 Å². The van der Waals surface area contributed by atoms with E-state index in [2.05, 4.69) is 20.6 Å². The van der Waals surface area contributed by atoms with E-state index in [1.54, 1.807) is 12.3 Å². The van der Waals surface area contributed by atoms with Crippen molar-refractivity contribution in [2.45, 2.75) is 70.3 Å². The Morgan fingerprint density at radius 3 is 2.44 bits per heavy atom. The van der Waals surface area contributed by atoms with Crippen molar-refractivity contribution in [1.82, 2.24) is 19.5 Å². The lowest BCUT2D eigenvalue weighted by molar-refractivity contribution is -0.137. The molecule has 0 bridgehead atoms. The fourth-order valence-corrected chi connectivity index (χ4v) is 3.98. The average molecular weight is 448 g/mol. The smallest absolute Gasteiger partial charge is 0.350 e. The Balaban J connectivity index is 1.76. The number of nitrogens with two attached hydrogens (primary N) is 1. The van der Waals surface area contributed by atoms with Crippen molar-refractivity contribution in [3.63, 3.8) is 0 Å². The first-order chi connectivity index (χ1) is 15.0. The third-order valence-electron chi connectivity index (χ3n) is 5.47. The standard InChI is InChI=1S/C22H28F3N7/c1-21(2,3)31-19-27-12-17-18(30-19)32(16-9-7-14(26)8-10-16)20(29-17)28-15-6-4-5-13(11-15)22(23,24)25/h4-6,11-12,14,16H,7-10,26H2,1-3H3,(H,28,29)(H,27,30,31)/t14-,16-. The zero-order valence-electron chi connectivity index (χ0n) is 18.4. The Morgan fingerprint density at radius 2 is 1.78 bits per heavy atom. The monoisotopic (exact) mass is 447 g/mol. The number of rotatable bonds is 4. The molecule has 2 heterocycles. The molecule has 10 heteroatoms. The molecule has 7 nitrogen and oxygen atoms in total. The molecule has 0 atom stereocenters. The first kappa shape index (κ1) is 22.3. The fourth-order valence-electron chi connectivity index (χ4n) is 3.98. The van der Waals surface area contributed by atoms with Crippen LogP contribution in [0.4, 0.5) is 30.8 Å². The number of anilines is 3. The number of nitrogens with one attached hydrogen (secondary N) is 2. The minimum absolute atomic E-state index is 0.0884. The van der Waals surface area contributed by atoms with Crippen LogP contribution in [0.1, 0.15) is 58.1 Å². The van der Waals surface area contributed by atoms with Gasteiger partial charge in [0.25, 0.3) is 0 Å². The predicted molar refractivity (Wildman–Crippen MR) is 119 cm³/mol. The Morgan fingerprint density at radius 1 is 1.06 bits per heavy atom. The van der Waals surface area contributed by atoms with Gasteiger partial charge in [0.05, 0.1) is 11.8 Å². The molecule has 4 N–H and O–H groups in total. The number of benzene rings is 1. The largest absolute Gasteiger partial charge is 0.416 e. The van der Waals surface area contributed by atoms with Gasteiger partial charge in [-0.15, -0.1) is 0 Å². The van der Waals surface area contributed by atoms with Crippen molar-refractivity contribution < 1.29 is 13.2 Å². The summed E-state index contributed by atoms with van der Waals surface area (Å²) in [5.41, 5.74) is 6.68. The topological polar surface area (TPSA) is 93.7 Å². The normalized spacial score (nSPS) is 19.8. The maximum atomic E-state index is 13.2. The van der Waals surface area contributed by atoms with Gasteiger partial charge in [0.2, 0.25) is 11.9 Å². The molecule has 1 aromatic carbocycles. The zero-order chi connectivity index (χ0) is 23.1. The van der Waals surface area contributed by atoms with Crippen LogP contribution in [0.25, 0.3) is 11.2 Å². The number of fused-ring (bicyclic) bond motifs is 1. The van der Waals surface area contributed by atoms with Gasteiger partial charge >= 0.3 is 6.18 Å². The molecule has 1 aliphatic rings. The Kier molecular flexibility index (Phi) is 5.74. The second-order valence-electron chi connectivity index (χ2n) is 9.36. The number of halogens is 3. The van der Waals surface area contributed by atoms with Gasteiger partial charge in [0, 0.05) is 23.3 Å². The SMILES string of the molecule is CC(C)(C)Nc1ncc2nc(Nc3cccc(C(F)(F)F)c3)n([C@H]3CC[C@H](N)CC3)c2n1. The molecule has 3 aromatic rings. The van der Waals surface area contributed by atoms with Crippen molar-refractivity contribution >= 4 is 28.7 Å². The number of hydrogen-bond donors (Lipinski definition) is 3. The van der Waals surface area contributed by atoms with Crippen molar-refractivity contribution in [1.29, 1.82) is 0 Å². The molecule has 0 unspecified atom stereocenters. The summed E-state index contributed by atoms with van der Waals surface area (Å²) in [5.74, 6) is 0.922. The van der Waals surface area contributed by atoms with Crippen LogP contribution in [0.3, 0.4) is 0 Å². The molecule has 172 valence electrons. The van der Waals surface area contributed by atoms with Crippen molar-refractivity contribution in [3.05, 3.63) is 36.0 Å². The lowest BCUT2D eigenvalue weighted by Gasteiger charge is -2.28. The molecule has 1 saturated carbocycles. The molecule has 0 amide bonds. The molecule has 4 rings (SSSR count). The van der Waals surface area contributed by atoms with E-state index in [0.29, 0.717) is 28.7 Å². The van der Waals surface area contributed by atoms with Crippen LogP contribution in [-0.4, -0.2) is 31.1 Å². The van der Waals surface area contributed by atoms with Crippen LogP contribution in [0.15, 0.2) is 30.5 Å². The van der Waals surface area contributed by atoms with E-state index in [0.717, 1.165) is 37.8 Å².